The van der Waals surface area contributed by atoms with Crippen molar-refractivity contribution in [2.75, 3.05) is 13.7 Å². The van der Waals surface area contributed by atoms with E-state index >= 15 is 0 Å². The SMILES string of the molecule is CO[C@H]1CCC[C@H](CO)O1. The van der Waals surface area contributed by atoms with E-state index in [1.165, 1.54) is 0 Å². The van der Waals surface area contributed by atoms with Crippen molar-refractivity contribution in [2.24, 2.45) is 0 Å². The van der Waals surface area contributed by atoms with Crippen LogP contribution < -0.4 is 0 Å². The zero-order valence-corrected chi connectivity index (χ0v) is 6.25. The minimum absolute atomic E-state index is 0.00120. The Bertz CT molecular complexity index is 84.9. The number of aliphatic hydroxyl groups is 1. The molecule has 0 aromatic rings. The zero-order chi connectivity index (χ0) is 7.40. The summed E-state index contributed by atoms with van der Waals surface area (Å²) >= 11 is 0. The molecule has 1 aliphatic heterocycles. The molecule has 3 heteroatoms. The van der Waals surface area contributed by atoms with Gasteiger partial charge in [-0.1, -0.05) is 0 Å². The molecule has 1 rings (SSSR count). The lowest BCUT2D eigenvalue weighted by atomic mass is 10.1. The number of ether oxygens (including phenoxy) is 2. The summed E-state index contributed by atoms with van der Waals surface area (Å²) in [6.07, 6.45) is 2.90. The maximum atomic E-state index is 8.72. The van der Waals surface area contributed by atoms with E-state index in [4.69, 9.17) is 14.6 Å². The van der Waals surface area contributed by atoms with Crippen LogP contribution in [0, 0.1) is 0 Å². The van der Waals surface area contributed by atoms with E-state index in [0.717, 1.165) is 19.3 Å². The fraction of sp³-hybridized carbons (Fsp3) is 1.00. The predicted octanol–water partition coefficient (Wildman–Crippen LogP) is 0.520. The van der Waals surface area contributed by atoms with Gasteiger partial charge in [0.1, 0.15) is 0 Å². The number of hydrogen-bond donors (Lipinski definition) is 1. The second kappa shape index (κ2) is 3.91. The summed E-state index contributed by atoms with van der Waals surface area (Å²) in [5.74, 6) is 0. The average molecular weight is 146 g/mol. The van der Waals surface area contributed by atoms with Gasteiger partial charge in [0.15, 0.2) is 6.29 Å². The molecular weight excluding hydrogens is 132 g/mol. The molecule has 1 fully saturated rings. The second-order valence-electron chi connectivity index (χ2n) is 2.54. The standard InChI is InChI=1S/C7H14O3/c1-9-7-4-2-3-6(5-8)10-7/h6-8H,2-5H2,1H3/t6-,7-/m1/s1. The van der Waals surface area contributed by atoms with Crippen LogP contribution in [-0.2, 0) is 9.47 Å². The minimum Gasteiger partial charge on any atom is -0.394 e. The van der Waals surface area contributed by atoms with Gasteiger partial charge >= 0.3 is 0 Å². The van der Waals surface area contributed by atoms with E-state index in [1.807, 2.05) is 0 Å². The molecule has 0 spiro atoms. The molecule has 0 aromatic carbocycles. The third-order valence-electron chi connectivity index (χ3n) is 1.78. The van der Waals surface area contributed by atoms with Gasteiger partial charge in [0.2, 0.25) is 0 Å². The Labute approximate surface area is 60.9 Å². The van der Waals surface area contributed by atoms with Crippen molar-refractivity contribution in [1.82, 2.24) is 0 Å². The van der Waals surface area contributed by atoms with E-state index < -0.39 is 0 Å². The average Bonchev–Trinajstić information content (AvgIpc) is 2.05. The van der Waals surface area contributed by atoms with E-state index in [1.54, 1.807) is 7.11 Å². The molecule has 10 heavy (non-hydrogen) atoms. The normalized spacial score (nSPS) is 34.2. The molecule has 0 aromatic heterocycles. The Kier molecular flexibility index (Phi) is 3.12. The van der Waals surface area contributed by atoms with Crippen LogP contribution in [0.15, 0.2) is 0 Å². The van der Waals surface area contributed by atoms with Crippen LogP contribution in [0.1, 0.15) is 19.3 Å². The maximum Gasteiger partial charge on any atom is 0.157 e. The molecule has 1 N–H and O–H groups in total. The lowest BCUT2D eigenvalue weighted by Gasteiger charge is -2.27. The Morgan fingerprint density at radius 1 is 1.60 bits per heavy atom. The van der Waals surface area contributed by atoms with Gasteiger partial charge in [-0.25, -0.2) is 0 Å². The highest BCUT2D eigenvalue weighted by molar-refractivity contribution is 4.64. The molecule has 60 valence electrons. The number of hydrogen-bond acceptors (Lipinski definition) is 3. The quantitative estimate of drug-likeness (QED) is 0.617. The molecule has 0 aliphatic carbocycles. The van der Waals surface area contributed by atoms with Crippen LogP contribution >= 0.6 is 0 Å². The van der Waals surface area contributed by atoms with Gasteiger partial charge in [0.05, 0.1) is 12.7 Å². The second-order valence-corrected chi connectivity index (χ2v) is 2.54. The van der Waals surface area contributed by atoms with Crippen LogP contribution in [0.3, 0.4) is 0 Å². The predicted molar refractivity (Wildman–Crippen MR) is 36.6 cm³/mol. The van der Waals surface area contributed by atoms with Crippen molar-refractivity contribution in [3.05, 3.63) is 0 Å². The smallest absolute Gasteiger partial charge is 0.157 e. The molecular formula is C7H14O3. The van der Waals surface area contributed by atoms with Crippen molar-refractivity contribution in [3.8, 4) is 0 Å². The van der Waals surface area contributed by atoms with Crippen LogP contribution in [0.5, 0.6) is 0 Å². The number of aliphatic hydroxyl groups excluding tert-OH is 1. The third kappa shape index (κ3) is 1.94. The Balaban J connectivity index is 2.25. The van der Waals surface area contributed by atoms with Gasteiger partial charge in [-0.3, -0.25) is 0 Å². The summed E-state index contributed by atoms with van der Waals surface area (Å²) in [4.78, 5) is 0. The molecule has 0 bridgehead atoms. The first-order valence-electron chi connectivity index (χ1n) is 3.66. The highest BCUT2D eigenvalue weighted by Gasteiger charge is 2.20. The molecule has 1 saturated heterocycles. The van der Waals surface area contributed by atoms with Crippen molar-refractivity contribution < 1.29 is 14.6 Å². The minimum atomic E-state index is -0.0918. The maximum absolute atomic E-state index is 8.72. The van der Waals surface area contributed by atoms with Gasteiger partial charge in [-0.2, -0.15) is 0 Å². The van der Waals surface area contributed by atoms with Gasteiger partial charge in [0.25, 0.3) is 0 Å². The highest BCUT2D eigenvalue weighted by atomic mass is 16.7. The first-order chi connectivity index (χ1) is 4.86. The van der Waals surface area contributed by atoms with E-state index in [0.29, 0.717) is 0 Å². The largest absolute Gasteiger partial charge is 0.394 e. The van der Waals surface area contributed by atoms with E-state index in [9.17, 15) is 0 Å². The van der Waals surface area contributed by atoms with E-state index in [-0.39, 0.29) is 19.0 Å². The fourth-order valence-electron chi connectivity index (χ4n) is 1.17. The van der Waals surface area contributed by atoms with Crippen LogP contribution in [0.25, 0.3) is 0 Å². The number of rotatable bonds is 2. The molecule has 0 unspecified atom stereocenters. The first kappa shape index (κ1) is 7.98. The summed E-state index contributed by atoms with van der Waals surface area (Å²) in [5.41, 5.74) is 0. The Morgan fingerprint density at radius 2 is 2.40 bits per heavy atom. The molecule has 1 heterocycles. The topological polar surface area (TPSA) is 38.7 Å². The summed E-state index contributed by atoms with van der Waals surface area (Å²) < 4.78 is 10.3. The Hall–Kier alpha value is -0.120. The van der Waals surface area contributed by atoms with Gasteiger partial charge in [0, 0.05) is 7.11 Å². The first-order valence-corrected chi connectivity index (χ1v) is 3.66. The Morgan fingerprint density at radius 3 is 3.00 bits per heavy atom. The third-order valence-corrected chi connectivity index (χ3v) is 1.78. The lowest BCUT2D eigenvalue weighted by Crippen LogP contribution is -2.31. The van der Waals surface area contributed by atoms with E-state index in [2.05, 4.69) is 0 Å². The monoisotopic (exact) mass is 146 g/mol. The van der Waals surface area contributed by atoms with Gasteiger partial charge in [-0.15, -0.1) is 0 Å². The van der Waals surface area contributed by atoms with Gasteiger partial charge in [-0.05, 0) is 19.3 Å². The molecule has 1 aliphatic rings. The zero-order valence-electron chi connectivity index (χ0n) is 6.25. The van der Waals surface area contributed by atoms with Crippen molar-refractivity contribution in [3.63, 3.8) is 0 Å². The molecule has 3 nitrogen and oxygen atoms in total. The van der Waals surface area contributed by atoms with Crippen LogP contribution in [0.4, 0.5) is 0 Å². The molecule has 0 amide bonds. The lowest BCUT2D eigenvalue weighted by molar-refractivity contribution is -0.187. The summed E-state index contributed by atoms with van der Waals surface area (Å²) in [7, 11) is 1.63. The summed E-state index contributed by atoms with van der Waals surface area (Å²) in [6.45, 7) is 0.111. The molecule has 2 atom stereocenters. The molecule has 0 saturated carbocycles. The van der Waals surface area contributed by atoms with Crippen LogP contribution in [-0.4, -0.2) is 31.2 Å². The highest BCUT2D eigenvalue weighted by Crippen LogP contribution is 2.18. The van der Waals surface area contributed by atoms with Crippen LogP contribution in [0.2, 0.25) is 0 Å². The van der Waals surface area contributed by atoms with Crippen molar-refractivity contribution in [2.45, 2.75) is 31.7 Å². The summed E-state index contributed by atoms with van der Waals surface area (Å²) in [6, 6.07) is 0. The fourth-order valence-corrected chi connectivity index (χ4v) is 1.17. The number of methoxy groups -OCH3 is 1. The van der Waals surface area contributed by atoms with Gasteiger partial charge < -0.3 is 14.6 Å². The molecule has 0 radical (unpaired) electrons. The van der Waals surface area contributed by atoms with Crippen molar-refractivity contribution >= 4 is 0 Å². The van der Waals surface area contributed by atoms with Crippen molar-refractivity contribution in [1.29, 1.82) is 0 Å². The summed E-state index contributed by atoms with van der Waals surface area (Å²) in [5, 5.41) is 8.72.